The normalized spacial score (nSPS) is 14.2. The van der Waals surface area contributed by atoms with E-state index in [1.807, 2.05) is 0 Å². The van der Waals surface area contributed by atoms with Crippen molar-refractivity contribution in [2.24, 2.45) is 5.73 Å². The monoisotopic (exact) mass is 251 g/mol. The summed E-state index contributed by atoms with van der Waals surface area (Å²) in [5.41, 5.74) is 14.0. The van der Waals surface area contributed by atoms with E-state index >= 15 is 0 Å². The van der Waals surface area contributed by atoms with Gasteiger partial charge in [-0.1, -0.05) is 36.4 Å². The van der Waals surface area contributed by atoms with E-state index in [-0.39, 0.29) is 0 Å². The van der Waals surface area contributed by atoms with E-state index in [0.717, 1.165) is 0 Å². The smallest absolute Gasteiger partial charge is 0.0178 e. The first-order chi connectivity index (χ1) is 9.28. The Morgan fingerprint density at radius 1 is 0.947 bits per heavy atom. The maximum Gasteiger partial charge on any atom is 0.0178 e. The second-order valence-corrected chi connectivity index (χ2v) is 5.54. The zero-order valence-electron chi connectivity index (χ0n) is 11.6. The Bertz CT molecular complexity index is 599. The molecule has 0 saturated carbocycles. The summed E-state index contributed by atoms with van der Waals surface area (Å²) in [5, 5.41) is 0. The third-order valence-corrected chi connectivity index (χ3v) is 4.19. The summed E-state index contributed by atoms with van der Waals surface area (Å²) in [6.07, 6.45) is 5.17. The summed E-state index contributed by atoms with van der Waals surface area (Å²) >= 11 is 0. The number of nitrogens with two attached hydrogens (primary N) is 1. The molecule has 0 bridgehead atoms. The second-order valence-electron chi connectivity index (χ2n) is 5.54. The van der Waals surface area contributed by atoms with E-state index < -0.39 is 0 Å². The quantitative estimate of drug-likeness (QED) is 0.857. The molecular weight excluding hydrogens is 230 g/mol. The molecular formula is C18H21N. The molecule has 1 heteroatoms. The van der Waals surface area contributed by atoms with Crippen LogP contribution in [0.25, 0.3) is 11.1 Å². The first kappa shape index (κ1) is 12.4. The number of hydrogen-bond acceptors (Lipinski definition) is 1. The zero-order chi connectivity index (χ0) is 13.2. The number of benzene rings is 2. The van der Waals surface area contributed by atoms with Crippen LogP contribution in [0.4, 0.5) is 0 Å². The van der Waals surface area contributed by atoms with Crippen LogP contribution in [0.3, 0.4) is 0 Å². The number of aryl methyl sites for hydroxylation is 3. The van der Waals surface area contributed by atoms with E-state index in [1.165, 1.54) is 47.9 Å². The average molecular weight is 251 g/mol. The minimum absolute atomic E-state index is 0.616. The highest BCUT2D eigenvalue weighted by Gasteiger charge is 2.11. The van der Waals surface area contributed by atoms with Crippen LogP contribution in [0.5, 0.6) is 0 Å². The molecule has 0 radical (unpaired) electrons. The van der Waals surface area contributed by atoms with Crippen molar-refractivity contribution < 1.29 is 0 Å². The Balaban J connectivity index is 2.02. The molecule has 98 valence electrons. The molecule has 0 fully saturated rings. The molecule has 0 aromatic heterocycles. The summed E-state index contributed by atoms with van der Waals surface area (Å²) in [6.45, 7) is 2.79. The van der Waals surface area contributed by atoms with Crippen molar-refractivity contribution in [2.75, 3.05) is 0 Å². The van der Waals surface area contributed by atoms with Gasteiger partial charge in [-0.3, -0.25) is 0 Å². The second kappa shape index (κ2) is 5.18. The number of fused-ring (bicyclic) bond motifs is 1. The fourth-order valence-corrected chi connectivity index (χ4v) is 3.08. The molecule has 1 nitrogen and oxygen atoms in total. The minimum atomic E-state index is 0.616. The lowest BCUT2D eigenvalue weighted by Gasteiger charge is -2.17. The van der Waals surface area contributed by atoms with Crippen LogP contribution < -0.4 is 5.73 Å². The summed E-state index contributed by atoms with van der Waals surface area (Å²) in [5.74, 6) is 0. The lowest BCUT2D eigenvalue weighted by Crippen LogP contribution is -2.02. The lowest BCUT2D eigenvalue weighted by molar-refractivity contribution is 0.686. The van der Waals surface area contributed by atoms with Crippen LogP contribution in [0.1, 0.15) is 35.1 Å². The van der Waals surface area contributed by atoms with Crippen LogP contribution >= 0.6 is 0 Å². The van der Waals surface area contributed by atoms with Gasteiger partial charge in [0, 0.05) is 6.54 Å². The Kier molecular flexibility index (Phi) is 3.39. The third-order valence-electron chi connectivity index (χ3n) is 4.19. The van der Waals surface area contributed by atoms with Crippen LogP contribution in [-0.4, -0.2) is 0 Å². The molecule has 1 aliphatic carbocycles. The fraction of sp³-hybridized carbons (Fsp3) is 0.333. The average Bonchev–Trinajstić information content (AvgIpc) is 2.46. The summed E-state index contributed by atoms with van der Waals surface area (Å²) in [6, 6.07) is 13.5. The molecule has 0 atom stereocenters. The van der Waals surface area contributed by atoms with Gasteiger partial charge in [-0.05, 0) is 66.0 Å². The molecule has 2 aromatic rings. The van der Waals surface area contributed by atoms with Crippen molar-refractivity contribution >= 4 is 0 Å². The van der Waals surface area contributed by atoms with Gasteiger partial charge in [0.25, 0.3) is 0 Å². The molecule has 2 aromatic carbocycles. The largest absolute Gasteiger partial charge is 0.326 e. The van der Waals surface area contributed by atoms with Crippen molar-refractivity contribution in [1.29, 1.82) is 0 Å². The summed E-state index contributed by atoms with van der Waals surface area (Å²) in [7, 11) is 0. The molecule has 2 N–H and O–H groups in total. The van der Waals surface area contributed by atoms with Crippen molar-refractivity contribution in [3.63, 3.8) is 0 Å². The molecule has 0 heterocycles. The first-order valence-electron chi connectivity index (χ1n) is 7.19. The van der Waals surface area contributed by atoms with Gasteiger partial charge in [0.05, 0.1) is 0 Å². The van der Waals surface area contributed by atoms with Crippen molar-refractivity contribution in [1.82, 2.24) is 0 Å². The summed E-state index contributed by atoms with van der Waals surface area (Å²) in [4.78, 5) is 0. The van der Waals surface area contributed by atoms with Gasteiger partial charge >= 0.3 is 0 Å². The Morgan fingerprint density at radius 2 is 1.74 bits per heavy atom. The summed E-state index contributed by atoms with van der Waals surface area (Å²) < 4.78 is 0. The predicted molar refractivity (Wildman–Crippen MR) is 81.1 cm³/mol. The minimum Gasteiger partial charge on any atom is -0.326 e. The van der Waals surface area contributed by atoms with Crippen molar-refractivity contribution in [3.8, 4) is 11.1 Å². The van der Waals surface area contributed by atoms with Gasteiger partial charge < -0.3 is 5.73 Å². The van der Waals surface area contributed by atoms with Crippen molar-refractivity contribution in [3.05, 3.63) is 58.7 Å². The maximum atomic E-state index is 5.70. The molecule has 0 aliphatic heterocycles. The molecule has 19 heavy (non-hydrogen) atoms. The van der Waals surface area contributed by atoms with E-state index in [2.05, 4.69) is 43.3 Å². The molecule has 1 aliphatic rings. The standard InChI is InChI=1S/C18H21N/c1-13-10-14(12-19)6-9-18(13)17-8-7-15-4-2-3-5-16(15)11-17/h6-11H,2-5,12,19H2,1H3. The van der Waals surface area contributed by atoms with Crippen LogP contribution in [-0.2, 0) is 19.4 Å². The number of hydrogen-bond donors (Lipinski definition) is 1. The van der Waals surface area contributed by atoms with Crippen LogP contribution in [0.2, 0.25) is 0 Å². The topological polar surface area (TPSA) is 26.0 Å². The molecule has 0 saturated heterocycles. The number of rotatable bonds is 2. The predicted octanol–water partition coefficient (Wildman–Crippen LogP) is 4.00. The fourth-order valence-electron chi connectivity index (χ4n) is 3.08. The third kappa shape index (κ3) is 2.43. The Morgan fingerprint density at radius 3 is 2.47 bits per heavy atom. The van der Waals surface area contributed by atoms with E-state index in [4.69, 9.17) is 5.73 Å². The molecule has 0 spiro atoms. The van der Waals surface area contributed by atoms with Gasteiger partial charge in [-0.25, -0.2) is 0 Å². The lowest BCUT2D eigenvalue weighted by atomic mass is 9.88. The molecule has 0 unspecified atom stereocenters. The zero-order valence-corrected chi connectivity index (χ0v) is 11.6. The highest BCUT2D eigenvalue weighted by molar-refractivity contribution is 5.69. The molecule has 0 amide bonds. The molecule has 3 rings (SSSR count). The highest BCUT2D eigenvalue weighted by Crippen LogP contribution is 2.29. The van der Waals surface area contributed by atoms with Crippen LogP contribution in [0.15, 0.2) is 36.4 Å². The van der Waals surface area contributed by atoms with E-state index in [1.54, 1.807) is 11.1 Å². The Hall–Kier alpha value is -1.60. The van der Waals surface area contributed by atoms with Gasteiger partial charge in [-0.15, -0.1) is 0 Å². The first-order valence-corrected chi connectivity index (χ1v) is 7.19. The van der Waals surface area contributed by atoms with Gasteiger partial charge in [0.15, 0.2) is 0 Å². The van der Waals surface area contributed by atoms with Crippen molar-refractivity contribution in [2.45, 2.75) is 39.2 Å². The van der Waals surface area contributed by atoms with E-state index in [9.17, 15) is 0 Å². The van der Waals surface area contributed by atoms with Crippen LogP contribution in [0, 0.1) is 6.92 Å². The SMILES string of the molecule is Cc1cc(CN)ccc1-c1ccc2c(c1)CCCC2. The Labute approximate surface area is 115 Å². The van der Waals surface area contributed by atoms with E-state index in [0.29, 0.717) is 6.54 Å². The maximum absolute atomic E-state index is 5.70. The van der Waals surface area contributed by atoms with Gasteiger partial charge in [-0.2, -0.15) is 0 Å². The van der Waals surface area contributed by atoms with Gasteiger partial charge in [0.2, 0.25) is 0 Å². The highest BCUT2D eigenvalue weighted by atomic mass is 14.5. The van der Waals surface area contributed by atoms with Gasteiger partial charge in [0.1, 0.15) is 0 Å².